The molecule has 160 valence electrons. The van der Waals surface area contributed by atoms with Crippen molar-refractivity contribution in [3.8, 4) is 11.5 Å². The number of carbonyl (C=O) groups is 3. The average molecular weight is 442 g/mol. The molecule has 1 fully saturated rings. The lowest BCUT2D eigenvalue weighted by atomic mass is 10.2. The van der Waals surface area contributed by atoms with Gasteiger partial charge in [0.25, 0.3) is 5.91 Å². The normalized spacial score (nSPS) is 16.9. The van der Waals surface area contributed by atoms with Gasteiger partial charge in [-0.3, -0.25) is 4.79 Å². The summed E-state index contributed by atoms with van der Waals surface area (Å²) in [5.74, 6) is -2.66. The Morgan fingerprint density at radius 2 is 1.90 bits per heavy atom. The summed E-state index contributed by atoms with van der Waals surface area (Å²) in [5.41, 5.74) is 0.680. The number of aliphatic carboxylic acids is 1. The number of rotatable bonds is 7. The van der Waals surface area contributed by atoms with Crippen molar-refractivity contribution in [3.63, 3.8) is 0 Å². The van der Waals surface area contributed by atoms with Crippen molar-refractivity contribution in [2.24, 2.45) is 4.99 Å². The molecule has 0 spiro atoms. The maximum atomic E-state index is 12.2. The number of benzene rings is 2. The van der Waals surface area contributed by atoms with Crippen LogP contribution in [0.5, 0.6) is 11.5 Å². The summed E-state index contributed by atoms with van der Waals surface area (Å²) in [6.45, 7) is 1.72. The lowest BCUT2D eigenvalue weighted by Crippen LogP contribution is -2.25. The molecule has 31 heavy (non-hydrogen) atoms. The van der Waals surface area contributed by atoms with E-state index in [9.17, 15) is 19.5 Å². The Hall–Kier alpha value is -3.79. The molecule has 0 aromatic heterocycles. The van der Waals surface area contributed by atoms with Crippen LogP contribution in [0.2, 0.25) is 0 Å². The van der Waals surface area contributed by atoms with Crippen molar-refractivity contribution < 1.29 is 34.4 Å². The molecular weight excluding hydrogens is 424 g/mol. The highest BCUT2D eigenvalue weighted by Crippen LogP contribution is 2.30. The van der Waals surface area contributed by atoms with Crippen molar-refractivity contribution in [2.75, 3.05) is 0 Å². The Labute approximate surface area is 181 Å². The minimum atomic E-state index is -1.29. The molecule has 1 amide bonds. The fourth-order valence-corrected chi connectivity index (χ4v) is 3.47. The predicted octanol–water partition coefficient (Wildman–Crippen LogP) is 3.22. The van der Waals surface area contributed by atoms with Crippen LogP contribution in [0.1, 0.15) is 29.3 Å². The van der Waals surface area contributed by atoms with E-state index in [1.165, 1.54) is 18.2 Å². The Balaban J connectivity index is 1.74. The Bertz CT molecular complexity index is 1090. The number of carboxylic acids is 2. The van der Waals surface area contributed by atoms with Gasteiger partial charge in [-0.25, -0.2) is 14.6 Å². The second kappa shape index (κ2) is 9.35. The van der Waals surface area contributed by atoms with E-state index >= 15 is 0 Å². The zero-order valence-electron chi connectivity index (χ0n) is 16.2. The van der Waals surface area contributed by atoms with Gasteiger partial charge < -0.3 is 25.4 Å². The predicted molar refractivity (Wildman–Crippen MR) is 115 cm³/mol. The Kier molecular flexibility index (Phi) is 6.61. The average Bonchev–Trinajstić information content (AvgIpc) is 3.07. The van der Waals surface area contributed by atoms with Gasteiger partial charge in [-0.2, -0.15) is 0 Å². The van der Waals surface area contributed by atoms with Crippen LogP contribution in [-0.4, -0.2) is 44.4 Å². The molecule has 2 aromatic carbocycles. The van der Waals surface area contributed by atoms with E-state index in [1.54, 1.807) is 37.3 Å². The van der Waals surface area contributed by atoms with Crippen LogP contribution in [0.15, 0.2) is 52.4 Å². The molecule has 10 heteroatoms. The summed E-state index contributed by atoms with van der Waals surface area (Å²) < 4.78 is 5.41. The van der Waals surface area contributed by atoms with Gasteiger partial charge in [0.2, 0.25) is 0 Å². The van der Waals surface area contributed by atoms with Crippen molar-refractivity contribution in [1.29, 1.82) is 0 Å². The second-order valence-corrected chi connectivity index (χ2v) is 7.44. The largest absolute Gasteiger partial charge is 0.507 e. The highest BCUT2D eigenvalue weighted by Gasteiger charge is 2.24. The van der Waals surface area contributed by atoms with Crippen LogP contribution >= 0.6 is 11.8 Å². The highest BCUT2D eigenvalue weighted by atomic mass is 32.2. The molecule has 0 aliphatic carbocycles. The number of aliphatic imine (C=N–C) groups is 1. The van der Waals surface area contributed by atoms with Gasteiger partial charge in [-0.1, -0.05) is 19.1 Å². The molecule has 3 rings (SSSR count). The maximum Gasteiger partial charge on any atom is 0.344 e. The number of aromatic hydroxyl groups is 1. The smallest absolute Gasteiger partial charge is 0.344 e. The summed E-state index contributed by atoms with van der Waals surface area (Å²) in [7, 11) is 0. The number of nitrogens with zero attached hydrogens (tertiary/aromatic N) is 1. The first-order chi connectivity index (χ1) is 14.8. The minimum absolute atomic E-state index is 0.268. The van der Waals surface area contributed by atoms with Gasteiger partial charge in [0, 0.05) is 0 Å². The van der Waals surface area contributed by atoms with Gasteiger partial charge in [-0.15, -0.1) is 0 Å². The third kappa shape index (κ3) is 5.43. The van der Waals surface area contributed by atoms with Crippen molar-refractivity contribution in [1.82, 2.24) is 5.32 Å². The van der Waals surface area contributed by atoms with Gasteiger partial charge in [0.15, 0.2) is 11.3 Å². The van der Waals surface area contributed by atoms with E-state index in [0.29, 0.717) is 22.6 Å². The monoisotopic (exact) mass is 442 g/mol. The Morgan fingerprint density at radius 3 is 2.52 bits per heavy atom. The number of amides is 1. The number of carboxylic acid groups (broad SMARTS) is 2. The van der Waals surface area contributed by atoms with Crippen LogP contribution in [0, 0.1) is 0 Å². The Morgan fingerprint density at radius 1 is 1.19 bits per heavy atom. The molecule has 0 bridgehead atoms. The van der Waals surface area contributed by atoms with Gasteiger partial charge in [0.05, 0.1) is 10.6 Å². The summed E-state index contributed by atoms with van der Waals surface area (Å²) in [5, 5.41) is 30.6. The maximum absolute atomic E-state index is 12.2. The van der Waals surface area contributed by atoms with E-state index < -0.39 is 18.0 Å². The molecule has 1 saturated heterocycles. The zero-order valence-corrected chi connectivity index (χ0v) is 17.0. The van der Waals surface area contributed by atoms with Gasteiger partial charge in [-0.05, 0) is 60.2 Å². The lowest BCUT2D eigenvalue weighted by molar-refractivity contribution is -0.145. The zero-order chi connectivity index (χ0) is 22.5. The van der Waals surface area contributed by atoms with Crippen LogP contribution < -0.4 is 10.1 Å². The van der Waals surface area contributed by atoms with Crippen molar-refractivity contribution in [3.05, 3.63) is 58.5 Å². The first-order valence-corrected chi connectivity index (χ1v) is 9.94. The number of aromatic carboxylic acids is 1. The first-order valence-electron chi connectivity index (χ1n) is 9.12. The van der Waals surface area contributed by atoms with Crippen molar-refractivity contribution in [2.45, 2.75) is 19.4 Å². The molecule has 0 saturated carbocycles. The SMILES string of the molecule is CCC(Oc1ccc(/C=C2\SC(=Nc3ccc(O)c(C(=O)O)c3)NC2=O)cc1)C(=O)O. The summed E-state index contributed by atoms with van der Waals surface area (Å²) >= 11 is 1.08. The number of hydrogen-bond donors (Lipinski definition) is 4. The topological polar surface area (TPSA) is 146 Å². The van der Waals surface area contributed by atoms with Gasteiger partial charge in [0.1, 0.15) is 17.1 Å². The first kappa shape index (κ1) is 21.9. The van der Waals surface area contributed by atoms with E-state index in [2.05, 4.69) is 10.3 Å². The number of nitrogens with one attached hydrogen (secondary N) is 1. The number of hydrogen-bond acceptors (Lipinski definition) is 7. The molecule has 1 heterocycles. The molecule has 1 aliphatic heterocycles. The van der Waals surface area contributed by atoms with Gasteiger partial charge >= 0.3 is 11.9 Å². The van der Waals surface area contributed by atoms with E-state index in [4.69, 9.17) is 14.9 Å². The molecule has 1 aliphatic rings. The molecule has 4 N–H and O–H groups in total. The molecule has 1 unspecified atom stereocenters. The number of phenols is 1. The lowest BCUT2D eigenvalue weighted by Gasteiger charge is -2.13. The summed E-state index contributed by atoms with van der Waals surface area (Å²) in [6.07, 6.45) is 1.04. The summed E-state index contributed by atoms with van der Waals surface area (Å²) in [4.78, 5) is 39.0. The number of amidine groups is 1. The molecular formula is C21H18N2O7S. The highest BCUT2D eigenvalue weighted by molar-refractivity contribution is 8.18. The standard InChI is InChI=1S/C21H18N2O7S/c1-2-16(20(28)29)30-13-6-3-11(4-7-13)9-17-18(25)23-21(31-17)22-12-5-8-15(24)14(10-12)19(26)27/h3-10,16,24H,2H2,1H3,(H,26,27)(H,28,29)(H,22,23,25)/b17-9-. The fourth-order valence-electron chi connectivity index (χ4n) is 2.63. The number of thioether (sulfide) groups is 1. The quantitative estimate of drug-likeness (QED) is 0.478. The van der Waals surface area contributed by atoms with E-state index in [-0.39, 0.29) is 28.1 Å². The van der Waals surface area contributed by atoms with E-state index in [0.717, 1.165) is 11.8 Å². The number of ether oxygens (including phenoxy) is 1. The third-order valence-corrected chi connectivity index (χ3v) is 5.10. The van der Waals surface area contributed by atoms with Crippen LogP contribution in [0.3, 0.4) is 0 Å². The molecule has 0 radical (unpaired) electrons. The minimum Gasteiger partial charge on any atom is -0.507 e. The van der Waals surface area contributed by atoms with Crippen LogP contribution in [0.4, 0.5) is 5.69 Å². The molecule has 1 atom stereocenters. The van der Waals surface area contributed by atoms with Crippen LogP contribution in [-0.2, 0) is 9.59 Å². The fraction of sp³-hybridized carbons (Fsp3) is 0.143. The second-order valence-electron chi connectivity index (χ2n) is 6.41. The van der Waals surface area contributed by atoms with E-state index in [1.807, 2.05) is 0 Å². The molecule has 2 aromatic rings. The van der Waals surface area contributed by atoms with Crippen LogP contribution in [0.25, 0.3) is 6.08 Å². The molecule has 9 nitrogen and oxygen atoms in total. The van der Waals surface area contributed by atoms with Crippen molar-refractivity contribution >= 4 is 46.5 Å². The third-order valence-electron chi connectivity index (χ3n) is 4.19. The summed E-state index contributed by atoms with van der Waals surface area (Å²) in [6, 6.07) is 10.5. The number of carbonyl (C=O) groups excluding carboxylic acids is 1.